The summed E-state index contributed by atoms with van der Waals surface area (Å²) in [6.07, 6.45) is 1.98. The molecular formula is C12H15ClN2O. The second kappa shape index (κ2) is 4.34. The molecule has 3 nitrogen and oxygen atoms in total. The fourth-order valence-corrected chi connectivity index (χ4v) is 1.98. The third kappa shape index (κ3) is 1.76. The summed E-state index contributed by atoms with van der Waals surface area (Å²) in [5.41, 5.74) is 1.93. The molecule has 0 saturated carbocycles. The maximum absolute atomic E-state index is 5.90. The SMILES string of the molecule is COc1ccn2c(C(C)C)nc(CCl)c2c1. The van der Waals surface area contributed by atoms with E-state index in [1.54, 1.807) is 7.11 Å². The van der Waals surface area contributed by atoms with Crippen molar-refractivity contribution in [1.82, 2.24) is 9.38 Å². The van der Waals surface area contributed by atoms with Gasteiger partial charge in [0.25, 0.3) is 0 Å². The molecule has 4 heteroatoms. The van der Waals surface area contributed by atoms with Crippen LogP contribution in [0.25, 0.3) is 5.52 Å². The van der Waals surface area contributed by atoms with E-state index in [2.05, 4.69) is 23.2 Å². The molecule has 0 bridgehead atoms. The lowest BCUT2D eigenvalue weighted by Gasteiger charge is -2.05. The average Bonchev–Trinajstić information content (AvgIpc) is 2.66. The van der Waals surface area contributed by atoms with Gasteiger partial charge in [-0.05, 0) is 6.07 Å². The molecule has 16 heavy (non-hydrogen) atoms. The summed E-state index contributed by atoms with van der Waals surface area (Å²) in [6.45, 7) is 4.24. The number of nitrogens with zero attached hydrogens (tertiary/aromatic N) is 2. The number of rotatable bonds is 3. The van der Waals surface area contributed by atoms with E-state index in [4.69, 9.17) is 16.3 Å². The third-order valence-corrected chi connectivity index (χ3v) is 2.85. The molecule has 2 heterocycles. The van der Waals surface area contributed by atoms with Crippen LogP contribution in [0.4, 0.5) is 0 Å². The van der Waals surface area contributed by atoms with Gasteiger partial charge in [-0.3, -0.25) is 0 Å². The summed E-state index contributed by atoms with van der Waals surface area (Å²) in [5, 5.41) is 0. The predicted octanol–water partition coefficient (Wildman–Crippen LogP) is 3.21. The van der Waals surface area contributed by atoms with E-state index in [1.807, 2.05) is 18.3 Å². The van der Waals surface area contributed by atoms with Crippen molar-refractivity contribution in [3.8, 4) is 5.75 Å². The summed E-state index contributed by atoms with van der Waals surface area (Å²) in [7, 11) is 1.66. The van der Waals surface area contributed by atoms with Gasteiger partial charge in [-0.2, -0.15) is 0 Å². The van der Waals surface area contributed by atoms with Crippen molar-refractivity contribution in [2.75, 3.05) is 7.11 Å². The summed E-state index contributed by atoms with van der Waals surface area (Å²) >= 11 is 5.90. The van der Waals surface area contributed by atoms with E-state index in [1.165, 1.54) is 0 Å². The van der Waals surface area contributed by atoms with Gasteiger partial charge in [0.1, 0.15) is 11.6 Å². The number of fused-ring (bicyclic) bond motifs is 1. The summed E-state index contributed by atoms with van der Waals surface area (Å²) < 4.78 is 7.28. The number of pyridine rings is 1. The van der Waals surface area contributed by atoms with E-state index >= 15 is 0 Å². The zero-order chi connectivity index (χ0) is 11.7. The number of imidazole rings is 1. The van der Waals surface area contributed by atoms with E-state index in [9.17, 15) is 0 Å². The molecule has 2 aromatic heterocycles. The van der Waals surface area contributed by atoms with Crippen LogP contribution in [-0.4, -0.2) is 16.5 Å². The third-order valence-electron chi connectivity index (χ3n) is 2.60. The van der Waals surface area contributed by atoms with Crippen molar-refractivity contribution in [3.05, 3.63) is 29.8 Å². The van der Waals surface area contributed by atoms with Crippen LogP contribution in [0.3, 0.4) is 0 Å². The first-order valence-electron chi connectivity index (χ1n) is 5.28. The minimum absolute atomic E-state index is 0.373. The lowest BCUT2D eigenvalue weighted by atomic mass is 10.2. The highest BCUT2D eigenvalue weighted by Gasteiger charge is 2.13. The minimum Gasteiger partial charge on any atom is -0.497 e. The van der Waals surface area contributed by atoms with Crippen LogP contribution in [-0.2, 0) is 5.88 Å². The lowest BCUT2D eigenvalue weighted by Crippen LogP contribution is -1.96. The Morgan fingerprint density at radius 1 is 1.50 bits per heavy atom. The Morgan fingerprint density at radius 3 is 2.81 bits per heavy atom. The molecule has 2 aromatic rings. The van der Waals surface area contributed by atoms with Gasteiger partial charge in [-0.25, -0.2) is 4.98 Å². The zero-order valence-corrected chi connectivity index (χ0v) is 10.5. The van der Waals surface area contributed by atoms with Gasteiger partial charge in [-0.1, -0.05) is 13.8 Å². The van der Waals surface area contributed by atoms with Crippen LogP contribution in [0.2, 0.25) is 0 Å². The van der Waals surface area contributed by atoms with Crippen LogP contribution < -0.4 is 4.74 Å². The molecule has 0 atom stereocenters. The van der Waals surface area contributed by atoms with Crippen LogP contribution in [0.15, 0.2) is 18.3 Å². The zero-order valence-electron chi connectivity index (χ0n) is 9.70. The van der Waals surface area contributed by atoms with Gasteiger partial charge >= 0.3 is 0 Å². The molecule has 0 fully saturated rings. The van der Waals surface area contributed by atoms with Crippen molar-refractivity contribution in [2.24, 2.45) is 0 Å². The topological polar surface area (TPSA) is 26.5 Å². The fraction of sp³-hybridized carbons (Fsp3) is 0.417. The van der Waals surface area contributed by atoms with Gasteiger partial charge in [0.15, 0.2) is 0 Å². The van der Waals surface area contributed by atoms with Gasteiger partial charge in [0.2, 0.25) is 0 Å². The van der Waals surface area contributed by atoms with Gasteiger partial charge in [0.05, 0.1) is 24.2 Å². The molecule has 0 amide bonds. The molecule has 0 N–H and O–H groups in total. The number of hydrogen-bond acceptors (Lipinski definition) is 2. The number of alkyl halides is 1. The molecule has 0 aliphatic carbocycles. The average molecular weight is 239 g/mol. The summed E-state index contributed by atoms with van der Waals surface area (Å²) in [5.74, 6) is 2.66. The Morgan fingerprint density at radius 2 is 2.25 bits per heavy atom. The smallest absolute Gasteiger partial charge is 0.122 e. The van der Waals surface area contributed by atoms with Crippen molar-refractivity contribution in [1.29, 1.82) is 0 Å². The standard InChI is InChI=1S/C12H15ClN2O/c1-8(2)12-14-10(7-13)11-6-9(16-3)4-5-15(11)12/h4-6,8H,7H2,1-3H3. The maximum Gasteiger partial charge on any atom is 0.122 e. The van der Waals surface area contributed by atoms with Crippen LogP contribution in [0.1, 0.15) is 31.3 Å². The Hall–Kier alpha value is -1.22. The number of aromatic nitrogens is 2. The van der Waals surface area contributed by atoms with Gasteiger partial charge in [0, 0.05) is 18.2 Å². The molecule has 0 unspecified atom stereocenters. The van der Waals surface area contributed by atoms with E-state index in [0.717, 1.165) is 22.8 Å². The van der Waals surface area contributed by atoms with Crippen molar-refractivity contribution < 1.29 is 4.74 Å². The molecule has 0 aromatic carbocycles. The molecule has 0 saturated heterocycles. The molecule has 0 aliphatic rings. The van der Waals surface area contributed by atoms with E-state index < -0.39 is 0 Å². The van der Waals surface area contributed by atoms with Crippen LogP contribution >= 0.6 is 11.6 Å². The lowest BCUT2D eigenvalue weighted by molar-refractivity contribution is 0.414. The molecular weight excluding hydrogens is 224 g/mol. The monoisotopic (exact) mass is 238 g/mol. The first kappa shape index (κ1) is 11.3. The highest BCUT2D eigenvalue weighted by Crippen LogP contribution is 2.24. The molecule has 86 valence electrons. The second-order valence-corrected chi connectivity index (χ2v) is 4.29. The summed E-state index contributed by atoms with van der Waals surface area (Å²) in [6, 6.07) is 3.90. The Bertz CT molecular complexity index is 505. The van der Waals surface area contributed by atoms with Gasteiger partial charge in [-0.15, -0.1) is 11.6 Å². The second-order valence-electron chi connectivity index (χ2n) is 4.03. The fourth-order valence-electron chi connectivity index (χ4n) is 1.78. The van der Waals surface area contributed by atoms with Gasteiger partial charge < -0.3 is 9.14 Å². The predicted molar refractivity (Wildman–Crippen MR) is 65.4 cm³/mol. The molecule has 0 spiro atoms. The highest BCUT2D eigenvalue weighted by molar-refractivity contribution is 6.17. The van der Waals surface area contributed by atoms with Crippen molar-refractivity contribution in [3.63, 3.8) is 0 Å². The molecule has 2 rings (SSSR count). The van der Waals surface area contributed by atoms with Crippen molar-refractivity contribution in [2.45, 2.75) is 25.6 Å². The highest BCUT2D eigenvalue weighted by atomic mass is 35.5. The van der Waals surface area contributed by atoms with E-state index in [-0.39, 0.29) is 0 Å². The Kier molecular flexibility index (Phi) is 3.06. The first-order chi connectivity index (χ1) is 7.67. The first-order valence-corrected chi connectivity index (χ1v) is 5.81. The van der Waals surface area contributed by atoms with Crippen LogP contribution in [0.5, 0.6) is 5.75 Å². The minimum atomic E-state index is 0.373. The number of ether oxygens (including phenoxy) is 1. The Labute approximate surface area is 100 Å². The normalized spacial score (nSPS) is 11.3. The molecule has 0 aliphatic heterocycles. The number of hydrogen-bond donors (Lipinski definition) is 0. The summed E-state index contributed by atoms with van der Waals surface area (Å²) in [4.78, 5) is 4.56. The Balaban J connectivity index is 2.69. The molecule has 0 radical (unpaired) electrons. The van der Waals surface area contributed by atoms with Crippen molar-refractivity contribution >= 4 is 17.1 Å². The quantitative estimate of drug-likeness (QED) is 0.768. The largest absolute Gasteiger partial charge is 0.497 e. The van der Waals surface area contributed by atoms with E-state index in [0.29, 0.717) is 11.8 Å². The van der Waals surface area contributed by atoms with Crippen LogP contribution in [0, 0.1) is 0 Å². The maximum atomic E-state index is 5.90. The number of methoxy groups -OCH3 is 1. The number of halogens is 1.